The Morgan fingerprint density at radius 2 is 2.31 bits per heavy atom. The van der Waals surface area contributed by atoms with Gasteiger partial charge < -0.3 is 10.1 Å². The fraction of sp³-hybridized carbons (Fsp3) is 0.750. The molecule has 90 valence electrons. The van der Waals surface area contributed by atoms with E-state index in [1.807, 2.05) is 0 Å². The lowest BCUT2D eigenvalue weighted by Gasteiger charge is -2.08. The molecule has 1 fully saturated rings. The van der Waals surface area contributed by atoms with Crippen molar-refractivity contribution in [2.45, 2.75) is 51.9 Å². The van der Waals surface area contributed by atoms with Gasteiger partial charge in [0.25, 0.3) is 0 Å². The first-order chi connectivity index (χ1) is 7.88. The van der Waals surface area contributed by atoms with E-state index in [2.05, 4.69) is 22.6 Å². The molecule has 3 nitrogen and oxygen atoms in total. The molecule has 16 heavy (non-hydrogen) atoms. The lowest BCUT2D eigenvalue weighted by Crippen LogP contribution is -2.11. The van der Waals surface area contributed by atoms with Crippen molar-refractivity contribution in [1.29, 1.82) is 0 Å². The predicted octanol–water partition coefficient (Wildman–Crippen LogP) is 2.71. The standard InChI is InChI=1S/C12H20N2OS/c1-2-13-7-12-14-10(9-16-12)8-15-11-5-3-4-6-11/h9,11,13H,2-8H2,1H3. The zero-order valence-corrected chi connectivity index (χ0v) is 10.7. The monoisotopic (exact) mass is 240 g/mol. The Labute approximate surface area is 101 Å². The van der Waals surface area contributed by atoms with E-state index < -0.39 is 0 Å². The molecule has 0 spiro atoms. The van der Waals surface area contributed by atoms with Crippen molar-refractivity contribution >= 4 is 11.3 Å². The first-order valence-electron chi connectivity index (χ1n) is 6.14. The van der Waals surface area contributed by atoms with E-state index in [1.54, 1.807) is 11.3 Å². The number of aromatic nitrogens is 1. The number of hydrogen-bond donors (Lipinski definition) is 1. The molecule has 1 aliphatic rings. The van der Waals surface area contributed by atoms with Gasteiger partial charge in [0.15, 0.2) is 0 Å². The van der Waals surface area contributed by atoms with Crippen LogP contribution in [0.4, 0.5) is 0 Å². The molecule has 2 rings (SSSR count). The summed E-state index contributed by atoms with van der Waals surface area (Å²) in [5.41, 5.74) is 1.09. The molecule has 0 saturated heterocycles. The number of rotatable bonds is 6. The molecular weight excluding hydrogens is 220 g/mol. The quantitative estimate of drug-likeness (QED) is 0.830. The average molecular weight is 240 g/mol. The third-order valence-electron chi connectivity index (χ3n) is 2.89. The average Bonchev–Trinajstić information content (AvgIpc) is 2.95. The van der Waals surface area contributed by atoms with Gasteiger partial charge in [-0.25, -0.2) is 4.98 Å². The maximum atomic E-state index is 5.83. The molecule has 1 aliphatic carbocycles. The van der Waals surface area contributed by atoms with Crippen LogP contribution in [-0.2, 0) is 17.9 Å². The highest BCUT2D eigenvalue weighted by Gasteiger charge is 2.15. The molecule has 1 aromatic rings. The van der Waals surface area contributed by atoms with Gasteiger partial charge in [-0.1, -0.05) is 19.8 Å². The van der Waals surface area contributed by atoms with Crippen molar-refractivity contribution in [1.82, 2.24) is 10.3 Å². The van der Waals surface area contributed by atoms with Crippen molar-refractivity contribution in [2.75, 3.05) is 6.54 Å². The third-order valence-corrected chi connectivity index (χ3v) is 3.79. The predicted molar refractivity (Wildman–Crippen MR) is 66.5 cm³/mol. The minimum Gasteiger partial charge on any atom is -0.372 e. The molecule has 0 radical (unpaired) electrons. The van der Waals surface area contributed by atoms with Crippen LogP contribution in [0.25, 0.3) is 0 Å². The minimum atomic E-state index is 0.485. The van der Waals surface area contributed by atoms with Gasteiger partial charge in [-0.05, 0) is 19.4 Å². The van der Waals surface area contributed by atoms with E-state index in [0.717, 1.165) is 23.8 Å². The third kappa shape index (κ3) is 3.54. The molecule has 0 bridgehead atoms. The highest BCUT2D eigenvalue weighted by Crippen LogP contribution is 2.22. The zero-order valence-electron chi connectivity index (χ0n) is 9.87. The van der Waals surface area contributed by atoms with E-state index in [0.29, 0.717) is 12.7 Å². The van der Waals surface area contributed by atoms with Gasteiger partial charge >= 0.3 is 0 Å². The molecule has 0 amide bonds. The summed E-state index contributed by atoms with van der Waals surface area (Å²) in [6.45, 7) is 4.67. The summed E-state index contributed by atoms with van der Waals surface area (Å²) in [7, 11) is 0. The SMILES string of the molecule is CCNCc1nc(COC2CCCC2)cs1. The largest absolute Gasteiger partial charge is 0.372 e. The molecule has 4 heteroatoms. The summed E-state index contributed by atoms with van der Waals surface area (Å²) >= 11 is 1.72. The van der Waals surface area contributed by atoms with Crippen molar-refractivity contribution in [3.8, 4) is 0 Å². The topological polar surface area (TPSA) is 34.2 Å². The second-order valence-corrected chi connectivity index (χ2v) is 5.17. The summed E-state index contributed by atoms with van der Waals surface area (Å²) in [6.07, 6.45) is 5.60. The molecule has 1 N–H and O–H groups in total. The van der Waals surface area contributed by atoms with Crippen molar-refractivity contribution in [3.05, 3.63) is 16.1 Å². The fourth-order valence-corrected chi connectivity index (χ4v) is 2.73. The van der Waals surface area contributed by atoms with Gasteiger partial charge in [0.05, 0.1) is 18.4 Å². The van der Waals surface area contributed by atoms with E-state index in [9.17, 15) is 0 Å². The van der Waals surface area contributed by atoms with Crippen LogP contribution in [0.15, 0.2) is 5.38 Å². The second kappa shape index (κ2) is 6.33. The number of thiazole rings is 1. The summed E-state index contributed by atoms with van der Waals surface area (Å²) < 4.78 is 5.83. The Balaban J connectivity index is 1.73. The number of nitrogens with zero attached hydrogens (tertiary/aromatic N) is 1. The Morgan fingerprint density at radius 1 is 1.50 bits per heavy atom. The molecule has 0 atom stereocenters. The van der Waals surface area contributed by atoms with Crippen LogP contribution in [0.2, 0.25) is 0 Å². The van der Waals surface area contributed by atoms with Crippen LogP contribution >= 0.6 is 11.3 Å². The molecular formula is C12H20N2OS. The smallest absolute Gasteiger partial charge is 0.107 e. The van der Waals surface area contributed by atoms with Crippen LogP contribution in [0.5, 0.6) is 0 Å². The van der Waals surface area contributed by atoms with Gasteiger partial charge in [-0.3, -0.25) is 0 Å². The molecule has 0 aromatic carbocycles. The van der Waals surface area contributed by atoms with Gasteiger partial charge in [0, 0.05) is 11.9 Å². The van der Waals surface area contributed by atoms with Crippen LogP contribution in [-0.4, -0.2) is 17.6 Å². The lowest BCUT2D eigenvalue weighted by molar-refractivity contribution is 0.0440. The first kappa shape index (κ1) is 12.0. The van der Waals surface area contributed by atoms with Gasteiger partial charge in [-0.15, -0.1) is 11.3 Å². The van der Waals surface area contributed by atoms with Gasteiger partial charge in [0.1, 0.15) is 5.01 Å². The van der Waals surface area contributed by atoms with Crippen LogP contribution in [0.1, 0.15) is 43.3 Å². The van der Waals surface area contributed by atoms with Crippen LogP contribution in [0.3, 0.4) is 0 Å². The summed E-state index contributed by atoms with van der Waals surface area (Å²) in [5.74, 6) is 0. The fourth-order valence-electron chi connectivity index (χ4n) is 1.99. The Morgan fingerprint density at radius 3 is 3.06 bits per heavy atom. The Bertz CT molecular complexity index is 308. The van der Waals surface area contributed by atoms with E-state index in [4.69, 9.17) is 4.74 Å². The molecule has 1 saturated carbocycles. The number of hydrogen-bond acceptors (Lipinski definition) is 4. The molecule has 0 unspecified atom stereocenters. The van der Waals surface area contributed by atoms with E-state index in [-0.39, 0.29) is 0 Å². The number of ether oxygens (including phenoxy) is 1. The van der Waals surface area contributed by atoms with Crippen molar-refractivity contribution in [2.24, 2.45) is 0 Å². The normalized spacial score (nSPS) is 17.1. The van der Waals surface area contributed by atoms with Crippen molar-refractivity contribution in [3.63, 3.8) is 0 Å². The highest BCUT2D eigenvalue weighted by atomic mass is 32.1. The second-order valence-electron chi connectivity index (χ2n) is 4.23. The lowest BCUT2D eigenvalue weighted by atomic mass is 10.3. The van der Waals surface area contributed by atoms with E-state index >= 15 is 0 Å². The Hall–Kier alpha value is -0.450. The summed E-state index contributed by atoms with van der Waals surface area (Å²) in [5, 5.41) is 6.55. The zero-order chi connectivity index (χ0) is 11.2. The van der Waals surface area contributed by atoms with Crippen LogP contribution < -0.4 is 5.32 Å². The summed E-state index contributed by atoms with van der Waals surface area (Å²) in [4.78, 5) is 4.54. The van der Waals surface area contributed by atoms with Crippen LogP contribution in [0, 0.1) is 0 Å². The van der Waals surface area contributed by atoms with Gasteiger partial charge in [-0.2, -0.15) is 0 Å². The van der Waals surface area contributed by atoms with Gasteiger partial charge in [0.2, 0.25) is 0 Å². The summed E-state index contributed by atoms with van der Waals surface area (Å²) in [6, 6.07) is 0. The molecule has 0 aliphatic heterocycles. The molecule has 1 heterocycles. The number of nitrogens with one attached hydrogen (secondary N) is 1. The first-order valence-corrected chi connectivity index (χ1v) is 7.02. The maximum absolute atomic E-state index is 5.83. The molecule has 1 aromatic heterocycles. The van der Waals surface area contributed by atoms with E-state index in [1.165, 1.54) is 25.7 Å². The maximum Gasteiger partial charge on any atom is 0.107 e. The highest BCUT2D eigenvalue weighted by molar-refractivity contribution is 7.09. The van der Waals surface area contributed by atoms with Crippen molar-refractivity contribution < 1.29 is 4.74 Å². The minimum absolute atomic E-state index is 0.485. The Kier molecular flexibility index (Phi) is 4.75.